The molecule has 0 fully saturated rings. The van der Waals surface area contributed by atoms with Crippen LogP contribution >= 0.6 is 11.6 Å². The number of aliphatic hydroxyl groups excluding tert-OH is 1. The van der Waals surface area contributed by atoms with Gasteiger partial charge in [0.2, 0.25) is 0 Å². The van der Waals surface area contributed by atoms with Crippen molar-refractivity contribution in [1.82, 2.24) is 20.1 Å². The average Bonchev–Trinajstić information content (AvgIpc) is 2.73. The van der Waals surface area contributed by atoms with E-state index in [1.165, 1.54) is 18.5 Å². The molecule has 0 radical (unpaired) electrons. The molecule has 0 unspecified atom stereocenters. The maximum absolute atomic E-state index is 12.8. The van der Waals surface area contributed by atoms with Gasteiger partial charge >= 0.3 is 0 Å². The molecule has 1 atom stereocenters. The molecule has 0 spiro atoms. The van der Waals surface area contributed by atoms with Crippen LogP contribution in [-0.4, -0.2) is 44.9 Å². The molecule has 0 saturated carbocycles. The average molecular weight is 421 g/mol. The summed E-state index contributed by atoms with van der Waals surface area (Å²) in [5.41, 5.74) is 0.0865. The second kappa shape index (κ2) is 8.89. The summed E-state index contributed by atoms with van der Waals surface area (Å²) in [6, 6.07) is 11.0. The molecule has 2 aromatic heterocycles. The Labute approximate surface area is 168 Å². The molecule has 0 bridgehead atoms. The van der Waals surface area contributed by atoms with Crippen molar-refractivity contribution >= 4 is 17.5 Å². The van der Waals surface area contributed by atoms with Crippen molar-refractivity contribution in [3.63, 3.8) is 0 Å². The van der Waals surface area contributed by atoms with E-state index < -0.39 is 30.5 Å². The van der Waals surface area contributed by atoms with Crippen molar-refractivity contribution in [1.29, 1.82) is 0 Å². The molecule has 10 heteroatoms. The number of carbonyl (C=O) groups is 1. The molecule has 0 aliphatic carbocycles. The lowest BCUT2D eigenvalue weighted by atomic mass is 10.1. The lowest BCUT2D eigenvalue weighted by Crippen LogP contribution is -2.39. The number of pyridine rings is 1. The summed E-state index contributed by atoms with van der Waals surface area (Å²) in [6.07, 6.45) is -2.17. The van der Waals surface area contributed by atoms with Crippen LogP contribution in [0.1, 0.15) is 10.4 Å². The van der Waals surface area contributed by atoms with Gasteiger partial charge < -0.3 is 10.4 Å². The molecule has 2 heterocycles. The van der Waals surface area contributed by atoms with Crippen molar-refractivity contribution in [3.05, 3.63) is 75.8 Å². The lowest BCUT2D eigenvalue weighted by Gasteiger charge is -2.13. The number of alkyl halides is 2. The molecule has 3 rings (SSSR count). The second-order valence-electron chi connectivity index (χ2n) is 5.99. The van der Waals surface area contributed by atoms with Crippen LogP contribution in [0, 0.1) is 0 Å². The molecule has 3 aromatic rings. The Kier molecular flexibility index (Phi) is 6.30. The number of rotatable bonds is 6. The van der Waals surface area contributed by atoms with Crippen LogP contribution in [-0.2, 0) is 0 Å². The first-order chi connectivity index (χ1) is 13.9. The normalized spacial score (nSPS) is 12.0. The van der Waals surface area contributed by atoms with Gasteiger partial charge in [0.15, 0.2) is 0 Å². The van der Waals surface area contributed by atoms with Gasteiger partial charge in [0.1, 0.15) is 11.7 Å². The van der Waals surface area contributed by atoms with E-state index in [-0.39, 0.29) is 11.3 Å². The minimum absolute atomic E-state index is 0.282. The monoisotopic (exact) mass is 420 g/mol. The van der Waals surface area contributed by atoms with Gasteiger partial charge in [-0.15, -0.1) is 0 Å². The van der Waals surface area contributed by atoms with E-state index in [1.54, 1.807) is 36.4 Å². The van der Waals surface area contributed by atoms with E-state index in [4.69, 9.17) is 11.6 Å². The molecule has 150 valence electrons. The predicted octanol–water partition coefficient (Wildman–Crippen LogP) is 2.30. The predicted molar refractivity (Wildman–Crippen MR) is 102 cm³/mol. The van der Waals surface area contributed by atoms with Crippen molar-refractivity contribution in [2.45, 2.75) is 12.5 Å². The number of carbonyl (C=O) groups excluding carboxylic acids is 1. The number of aromatic nitrogens is 3. The third kappa shape index (κ3) is 4.82. The van der Waals surface area contributed by atoms with Crippen LogP contribution in [0.3, 0.4) is 0 Å². The number of nitrogens with one attached hydrogen (secondary N) is 1. The summed E-state index contributed by atoms with van der Waals surface area (Å²) >= 11 is 5.90. The van der Waals surface area contributed by atoms with Gasteiger partial charge in [0, 0.05) is 23.3 Å². The second-order valence-corrected chi connectivity index (χ2v) is 6.43. The topological polar surface area (TPSA) is 97.1 Å². The Hall–Kier alpha value is -3.17. The van der Waals surface area contributed by atoms with Crippen LogP contribution in [0.5, 0.6) is 0 Å². The first kappa shape index (κ1) is 20.6. The minimum atomic E-state index is -3.02. The van der Waals surface area contributed by atoms with Crippen LogP contribution in [0.25, 0.3) is 16.9 Å². The van der Waals surface area contributed by atoms with E-state index in [2.05, 4.69) is 15.4 Å². The Bertz CT molecular complexity index is 1060. The molecule has 2 N–H and O–H groups in total. The fourth-order valence-corrected chi connectivity index (χ4v) is 2.58. The van der Waals surface area contributed by atoms with Crippen LogP contribution in [0.2, 0.25) is 5.02 Å². The minimum Gasteiger partial charge on any atom is -0.385 e. The molecule has 1 aromatic carbocycles. The van der Waals surface area contributed by atoms with Crippen LogP contribution < -0.4 is 10.9 Å². The fraction of sp³-hybridized carbons (Fsp3) is 0.158. The van der Waals surface area contributed by atoms with Gasteiger partial charge in [-0.1, -0.05) is 23.7 Å². The molecular formula is C19H15ClF2N4O3. The highest BCUT2D eigenvalue weighted by atomic mass is 35.5. The van der Waals surface area contributed by atoms with Gasteiger partial charge in [0.05, 0.1) is 17.6 Å². The standard InChI is InChI=1S/C19H15ClF2N4O3/c20-12-5-3-11(4-6-12)15-8-14(18(28)24-10-16(27)17(21)22)19(29)26(25-15)13-2-1-7-23-9-13/h1-9,16-17,27H,10H2,(H,24,28)/t16-/m1/s1. The van der Waals surface area contributed by atoms with Crippen LogP contribution in [0.15, 0.2) is 59.7 Å². The Morgan fingerprint density at radius 1 is 1.24 bits per heavy atom. The summed E-state index contributed by atoms with van der Waals surface area (Å²) in [7, 11) is 0. The quantitative estimate of drug-likeness (QED) is 0.637. The van der Waals surface area contributed by atoms with E-state index in [0.29, 0.717) is 16.3 Å². The van der Waals surface area contributed by atoms with Gasteiger partial charge in [-0.2, -0.15) is 9.78 Å². The first-order valence-corrected chi connectivity index (χ1v) is 8.79. The van der Waals surface area contributed by atoms with Crippen molar-refractivity contribution in [3.8, 4) is 16.9 Å². The molecular weight excluding hydrogens is 406 g/mol. The number of benzene rings is 1. The van der Waals surface area contributed by atoms with Gasteiger partial charge in [-0.3, -0.25) is 14.6 Å². The molecule has 0 saturated heterocycles. The zero-order chi connectivity index (χ0) is 21.0. The van der Waals surface area contributed by atoms with Gasteiger partial charge in [0.25, 0.3) is 17.9 Å². The maximum Gasteiger partial charge on any atom is 0.284 e. The number of hydrogen-bond acceptors (Lipinski definition) is 5. The zero-order valence-corrected chi connectivity index (χ0v) is 15.6. The van der Waals surface area contributed by atoms with Crippen molar-refractivity contribution in [2.75, 3.05) is 6.54 Å². The van der Waals surface area contributed by atoms with Gasteiger partial charge in [-0.25, -0.2) is 8.78 Å². The Morgan fingerprint density at radius 3 is 2.59 bits per heavy atom. The van der Waals surface area contributed by atoms with Gasteiger partial charge in [-0.05, 0) is 30.3 Å². The third-order valence-electron chi connectivity index (χ3n) is 3.95. The summed E-state index contributed by atoms with van der Waals surface area (Å²) < 4.78 is 25.9. The SMILES string of the molecule is O=C(NC[C@@H](O)C(F)F)c1cc(-c2ccc(Cl)cc2)nn(-c2cccnc2)c1=O. The molecule has 0 aliphatic rings. The van der Waals surface area contributed by atoms with E-state index in [0.717, 1.165) is 4.68 Å². The molecule has 1 amide bonds. The maximum atomic E-state index is 12.8. The third-order valence-corrected chi connectivity index (χ3v) is 4.20. The summed E-state index contributed by atoms with van der Waals surface area (Å²) in [4.78, 5) is 29.2. The summed E-state index contributed by atoms with van der Waals surface area (Å²) in [6.45, 7) is -0.707. The largest absolute Gasteiger partial charge is 0.385 e. The van der Waals surface area contributed by atoms with Crippen molar-refractivity contribution in [2.24, 2.45) is 0 Å². The molecule has 29 heavy (non-hydrogen) atoms. The lowest BCUT2D eigenvalue weighted by molar-refractivity contribution is -0.00271. The number of hydrogen-bond donors (Lipinski definition) is 2. The summed E-state index contributed by atoms with van der Waals surface area (Å²) in [5.74, 6) is -0.912. The first-order valence-electron chi connectivity index (χ1n) is 8.42. The van der Waals surface area contributed by atoms with Crippen LogP contribution in [0.4, 0.5) is 8.78 Å². The molecule has 0 aliphatic heterocycles. The zero-order valence-electron chi connectivity index (χ0n) is 14.8. The van der Waals surface area contributed by atoms with E-state index >= 15 is 0 Å². The number of nitrogens with zero attached hydrogens (tertiary/aromatic N) is 3. The molecule has 7 nitrogen and oxygen atoms in total. The highest BCUT2D eigenvalue weighted by Crippen LogP contribution is 2.20. The number of aliphatic hydroxyl groups is 1. The number of halogens is 3. The fourth-order valence-electron chi connectivity index (χ4n) is 2.45. The smallest absolute Gasteiger partial charge is 0.284 e. The van der Waals surface area contributed by atoms with Crippen molar-refractivity contribution < 1.29 is 18.7 Å². The van der Waals surface area contributed by atoms with E-state index in [1.807, 2.05) is 0 Å². The van der Waals surface area contributed by atoms with E-state index in [9.17, 15) is 23.5 Å². The summed E-state index contributed by atoms with van der Waals surface area (Å²) in [5, 5.41) is 16.1. The Morgan fingerprint density at radius 2 is 1.97 bits per heavy atom. The Balaban J connectivity index is 2.07. The highest BCUT2D eigenvalue weighted by molar-refractivity contribution is 6.30. The highest BCUT2D eigenvalue weighted by Gasteiger charge is 2.21. The number of amides is 1.